The lowest BCUT2D eigenvalue weighted by molar-refractivity contribution is 0.0942. The zero-order chi connectivity index (χ0) is 13.8. The minimum atomic E-state index is -0.381. The van der Waals surface area contributed by atoms with Gasteiger partial charge in [0.2, 0.25) is 0 Å². The number of hydrogen-bond acceptors (Lipinski definition) is 5. The number of amides is 1. The number of thioether (sulfide) groups is 1. The van der Waals surface area contributed by atoms with Gasteiger partial charge in [0.15, 0.2) is 5.82 Å². The fourth-order valence-corrected chi connectivity index (χ4v) is 3.43. The minimum absolute atomic E-state index is 0.163. The number of thiophene rings is 1. The summed E-state index contributed by atoms with van der Waals surface area (Å²) in [5.41, 5.74) is -0.381. The first kappa shape index (κ1) is 13.9. The van der Waals surface area contributed by atoms with Crippen LogP contribution in [0.4, 0.5) is 0 Å². The van der Waals surface area contributed by atoms with Gasteiger partial charge in [-0.3, -0.25) is 9.78 Å². The highest BCUT2D eigenvalue weighted by Crippen LogP contribution is 2.27. The third-order valence-electron chi connectivity index (χ3n) is 2.37. The molecule has 1 amide bonds. The van der Waals surface area contributed by atoms with Crippen molar-refractivity contribution in [2.45, 2.75) is 24.1 Å². The Morgan fingerprint density at radius 2 is 2.37 bits per heavy atom. The highest BCUT2D eigenvalue weighted by atomic mass is 32.2. The SMILES string of the molecule is CCSc1ccc(C(=O)N[C@H](C)c2n[nH]c(=O)[nH]2)s1. The molecule has 0 spiro atoms. The zero-order valence-electron chi connectivity index (χ0n) is 10.5. The standard InChI is InChI=1S/C11H14N4O2S2/c1-3-18-8-5-4-7(19-8)10(16)12-6(2)9-13-11(17)15-14-9/h4-6H,3H2,1-2H3,(H,12,16)(H2,13,14,15,17)/t6-/m1/s1. The maximum Gasteiger partial charge on any atom is 0.340 e. The number of aromatic amines is 2. The summed E-state index contributed by atoms with van der Waals surface area (Å²) >= 11 is 3.16. The van der Waals surface area contributed by atoms with Gasteiger partial charge in [0, 0.05) is 0 Å². The van der Waals surface area contributed by atoms with E-state index >= 15 is 0 Å². The molecule has 19 heavy (non-hydrogen) atoms. The highest BCUT2D eigenvalue weighted by molar-refractivity contribution is 8.01. The second-order valence-corrected chi connectivity index (χ2v) is 6.46. The van der Waals surface area contributed by atoms with Crippen molar-refractivity contribution in [2.24, 2.45) is 0 Å². The quantitative estimate of drug-likeness (QED) is 0.734. The van der Waals surface area contributed by atoms with E-state index in [9.17, 15) is 9.59 Å². The third kappa shape index (κ3) is 3.48. The summed E-state index contributed by atoms with van der Waals surface area (Å²) in [5.74, 6) is 1.23. The Morgan fingerprint density at radius 3 is 3.00 bits per heavy atom. The summed E-state index contributed by atoms with van der Waals surface area (Å²) < 4.78 is 1.12. The lowest BCUT2D eigenvalue weighted by atomic mass is 10.3. The van der Waals surface area contributed by atoms with Gasteiger partial charge in [-0.05, 0) is 24.8 Å². The molecule has 6 nitrogen and oxygen atoms in total. The fourth-order valence-electron chi connectivity index (χ4n) is 1.49. The van der Waals surface area contributed by atoms with Crippen molar-refractivity contribution in [3.8, 4) is 0 Å². The maximum absolute atomic E-state index is 12.0. The van der Waals surface area contributed by atoms with Crippen LogP contribution in [-0.4, -0.2) is 26.8 Å². The molecule has 0 aliphatic carbocycles. The van der Waals surface area contributed by atoms with Gasteiger partial charge in [0.25, 0.3) is 5.91 Å². The summed E-state index contributed by atoms with van der Waals surface area (Å²) in [5, 5.41) is 8.85. The average molecular weight is 298 g/mol. The number of carbonyl (C=O) groups is 1. The minimum Gasteiger partial charge on any atom is -0.342 e. The van der Waals surface area contributed by atoms with E-state index in [-0.39, 0.29) is 17.6 Å². The van der Waals surface area contributed by atoms with Crippen molar-refractivity contribution in [1.82, 2.24) is 20.5 Å². The normalized spacial score (nSPS) is 12.3. The summed E-state index contributed by atoms with van der Waals surface area (Å²) in [4.78, 5) is 26.1. The molecule has 0 saturated carbocycles. The van der Waals surface area contributed by atoms with Crippen LogP contribution in [0.15, 0.2) is 21.1 Å². The molecule has 0 unspecified atom stereocenters. The van der Waals surface area contributed by atoms with Crippen molar-refractivity contribution < 1.29 is 4.79 Å². The van der Waals surface area contributed by atoms with Crippen LogP contribution in [0.5, 0.6) is 0 Å². The van der Waals surface area contributed by atoms with Gasteiger partial charge in [-0.15, -0.1) is 23.1 Å². The van der Waals surface area contributed by atoms with Gasteiger partial charge in [0.1, 0.15) is 0 Å². The largest absolute Gasteiger partial charge is 0.342 e. The van der Waals surface area contributed by atoms with E-state index < -0.39 is 0 Å². The molecule has 2 rings (SSSR count). The molecule has 8 heteroatoms. The maximum atomic E-state index is 12.0. The summed E-state index contributed by atoms with van der Waals surface area (Å²) in [7, 11) is 0. The lowest BCUT2D eigenvalue weighted by Gasteiger charge is -2.09. The summed E-state index contributed by atoms with van der Waals surface area (Å²) in [6.07, 6.45) is 0. The van der Waals surface area contributed by atoms with Crippen LogP contribution in [-0.2, 0) is 0 Å². The van der Waals surface area contributed by atoms with Gasteiger partial charge < -0.3 is 5.32 Å². The first-order valence-corrected chi connectivity index (χ1v) is 7.58. The van der Waals surface area contributed by atoms with Crippen molar-refractivity contribution in [3.63, 3.8) is 0 Å². The Balaban J connectivity index is 2.01. The second kappa shape index (κ2) is 6.07. The van der Waals surface area contributed by atoms with E-state index in [1.807, 2.05) is 6.07 Å². The first-order chi connectivity index (χ1) is 9.10. The molecule has 0 aliphatic heterocycles. The van der Waals surface area contributed by atoms with Gasteiger partial charge in [-0.1, -0.05) is 6.92 Å². The zero-order valence-corrected chi connectivity index (χ0v) is 12.2. The molecular formula is C11H14N4O2S2. The molecular weight excluding hydrogens is 284 g/mol. The molecule has 0 fully saturated rings. The predicted octanol–water partition coefficient (Wildman–Crippen LogP) is 1.76. The van der Waals surface area contributed by atoms with Crippen LogP contribution < -0.4 is 11.0 Å². The molecule has 2 heterocycles. The Kier molecular flexibility index (Phi) is 4.43. The molecule has 102 valence electrons. The van der Waals surface area contributed by atoms with Crippen molar-refractivity contribution in [3.05, 3.63) is 33.3 Å². The number of nitrogens with one attached hydrogen (secondary N) is 3. The van der Waals surface area contributed by atoms with E-state index in [4.69, 9.17) is 0 Å². The van der Waals surface area contributed by atoms with Crippen molar-refractivity contribution >= 4 is 29.0 Å². The number of hydrogen-bond donors (Lipinski definition) is 3. The number of nitrogens with zero attached hydrogens (tertiary/aromatic N) is 1. The predicted molar refractivity (Wildman–Crippen MR) is 75.8 cm³/mol. The molecule has 3 N–H and O–H groups in total. The van der Waals surface area contributed by atoms with Crippen LogP contribution in [0.25, 0.3) is 0 Å². The lowest BCUT2D eigenvalue weighted by Crippen LogP contribution is -2.26. The van der Waals surface area contributed by atoms with Gasteiger partial charge >= 0.3 is 5.69 Å². The molecule has 0 saturated heterocycles. The van der Waals surface area contributed by atoms with Crippen LogP contribution in [0.2, 0.25) is 0 Å². The van der Waals surface area contributed by atoms with E-state index in [1.54, 1.807) is 24.8 Å². The topological polar surface area (TPSA) is 90.6 Å². The Morgan fingerprint density at radius 1 is 1.58 bits per heavy atom. The van der Waals surface area contributed by atoms with Crippen LogP contribution in [0.1, 0.15) is 35.4 Å². The van der Waals surface area contributed by atoms with Crippen LogP contribution in [0, 0.1) is 0 Å². The summed E-state index contributed by atoms with van der Waals surface area (Å²) in [6.45, 7) is 3.83. The van der Waals surface area contributed by atoms with E-state index in [0.717, 1.165) is 9.96 Å². The van der Waals surface area contributed by atoms with Crippen LogP contribution >= 0.6 is 23.1 Å². The number of carbonyl (C=O) groups excluding carboxylic acids is 1. The average Bonchev–Trinajstić information content (AvgIpc) is 2.98. The second-order valence-electron chi connectivity index (χ2n) is 3.81. The molecule has 0 radical (unpaired) electrons. The molecule has 0 bridgehead atoms. The Labute approximate surface area is 118 Å². The molecule has 2 aromatic heterocycles. The van der Waals surface area contributed by atoms with Gasteiger partial charge in [0.05, 0.1) is 15.1 Å². The summed E-state index contributed by atoms with van der Waals surface area (Å²) in [6, 6.07) is 3.39. The number of rotatable bonds is 5. The fraction of sp³-hybridized carbons (Fsp3) is 0.364. The molecule has 0 aliphatic rings. The van der Waals surface area contributed by atoms with Gasteiger partial charge in [-0.2, -0.15) is 5.10 Å². The van der Waals surface area contributed by atoms with Gasteiger partial charge in [-0.25, -0.2) is 9.89 Å². The molecule has 0 aromatic carbocycles. The number of aromatic nitrogens is 3. The van der Waals surface area contributed by atoms with E-state index in [1.165, 1.54) is 11.3 Å². The molecule has 2 aromatic rings. The van der Waals surface area contributed by atoms with Crippen LogP contribution in [0.3, 0.4) is 0 Å². The van der Waals surface area contributed by atoms with Crippen molar-refractivity contribution in [1.29, 1.82) is 0 Å². The van der Waals surface area contributed by atoms with E-state index in [0.29, 0.717) is 10.7 Å². The number of H-pyrrole nitrogens is 2. The Hall–Kier alpha value is -1.54. The highest BCUT2D eigenvalue weighted by Gasteiger charge is 2.15. The third-order valence-corrected chi connectivity index (χ3v) is 4.56. The monoisotopic (exact) mass is 298 g/mol. The first-order valence-electron chi connectivity index (χ1n) is 5.78. The smallest absolute Gasteiger partial charge is 0.340 e. The van der Waals surface area contributed by atoms with E-state index in [2.05, 4.69) is 27.4 Å². The molecule has 1 atom stereocenters. The Bertz CT molecular complexity index is 616. The van der Waals surface area contributed by atoms with Crippen molar-refractivity contribution in [2.75, 3.05) is 5.75 Å².